The smallest absolute Gasteiger partial charge is 0.410 e. The van der Waals surface area contributed by atoms with Gasteiger partial charge in [-0.2, -0.15) is 0 Å². The maximum absolute atomic E-state index is 11.9. The molecule has 1 heterocycles. The summed E-state index contributed by atoms with van der Waals surface area (Å²) in [6, 6.07) is 0.386. The number of carbonyl (C=O) groups is 1. The summed E-state index contributed by atoms with van der Waals surface area (Å²) in [6.45, 7) is 7.70. The SMILES string of the molecule is CCOC(=O)N1CCC2C(C(C)C)=CCCC21. The molecular weight excluding hydrogens is 214 g/mol. The molecular formula is C14H23NO2. The van der Waals surface area contributed by atoms with E-state index in [0.717, 1.165) is 25.8 Å². The van der Waals surface area contributed by atoms with E-state index in [-0.39, 0.29) is 6.09 Å². The first-order chi connectivity index (χ1) is 8.15. The molecule has 1 amide bonds. The predicted octanol–water partition coefficient (Wildman–Crippen LogP) is 3.21. The van der Waals surface area contributed by atoms with Crippen molar-refractivity contribution in [2.45, 2.75) is 46.1 Å². The minimum atomic E-state index is -0.120. The van der Waals surface area contributed by atoms with Crippen molar-refractivity contribution in [1.29, 1.82) is 0 Å². The summed E-state index contributed by atoms with van der Waals surface area (Å²) in [5.74, 6) is 1.18. The molecule has 1 saturated heterocycles. The van der Waals surface area contributed by atoms with Crippen molar-refractivity contribution in [3.05, 3.63) is 11.6 Å². The van der Waals surface area contributed by atoms with Crippen LogP contribution in [0.4, 0.5) is 4.79 Å². The molecule has 0 aromatic rings. The van der Waals surface area contributed by atoms with E-state index < -0.39 is 0 Å². The number of allylic oxidation sites excluding steroid dienone is 1. The van der Waals surface area contributed by atoms with Gasteiger partial charge >= 0.3 is 6.09 Å². The zero-order valence-electron chi connectivity index (χ0n) is 11.1. The maximum atomic E-state index is 11.9. The molecule has 3 heteroatoms. The first kappa shape index (κ1) is 12.5. The molecule has 0 N–H and O–H groups in total. The highest BCUT2D eigenvalue weighted by Gasteiger charge is 2.41. The van der Waals surface area contributed by atoms with E-state index in [1.165, 1.54) is 0 Å². The monoisotopic (exact) mass is 237 g/mol. The first-order valence-corrected chi connectivity index (χ1v) is 6.78. The van der Waals surface area contributed by atoms with Gasteiger partial charge in [-0.1, -0.05) is 25.5 Å². The minimum Gasteiger partial charge on any atom is -0.450 e. The van der Waals surface area contributed by atoms with Crippen LogP contribution in [0.1, 0.15) is 40.0 Å². The van der Waals surface area contributed by atoms with Crippen molar-refractivity contribution in [2.24, 2.45) is 11.8 Å². The number of likely N-dealkylation sites (tertiary alicyclic amines) is 1. The van der Waals surface area contributed by atoms with Gasteiger partial charge in [0.05, 0.1) is 6.61 Å². The number of ether oxygens (including phenoxy) is 1. The van der Waals surface area contributed by atoms with E-state index in [0.29, 0.717) is 24.5 Å². The molecule has 0 aromatic heterocycles. The van der Waals surface area contributed by atoms with Gasteiger partial charge in [-0.25, -0.2) is 4.79 Å². The standard InChI is InChI=1S/C14H23NO2/c1-4-17-14(16)15-9-8-12-11(10(2)3)6-5-7-13(12)15/h6,10,12-13H,4-5,7-9H2,1-3H3. The molecule has 0 spiro atoms. The average molecular weight is 237 g/mol. The van der Waals surface area contributed by atoms with Crippen LogP contribution in [-0.2, 0) is 4.74 Å². The number of rotatable bonds is 2. The third-order valence-corrected chi connectivity index (χ3v) is 3.99. The maximum Gasteiger partial charge on any atom is 0.410 e. The Bertz CT molecular complexity index is 322. The second-order valence-corrected chi connectivity index (χ2v) is 5.29. The molecule has 96 valence electrons. The number of fused-ring (bicyclic) bond motifs is 1. The number of hydrogen-bond acceptors (Lipinski definition) is 2. The van der Waals surface area contributed by atoms with E-state index in [4.69, 9.17) is 4.74 Å². The van der Waals surface area contributed by atoms with Crippen molar-refractivity contribution >= 4 is 6.09 Å². The molecule has 0 saturated carbocycles. The second-order valence-electron chi connectivity index (χ2n) is 5.29. The minimum absolute atomic E-state index is 0.120. The molecule has 0 bridgehead atoms. The Hall–Kier alpha value is -0.990. The average Bonchev–Trinajstić information content (AvgIpc) is 2.72. The van der Waals surface area contributed by atoms with Crippen molar-refractivity contribution in [3.63, 3.8) is 0 Å². The van der Waals surface area contributed by atoms with Gasteiger partial charge in [-0.15, -0.1) is 0 Å². The fraction of sp³-hybridized carbons (Fsp3) is 0.786. The van der Waals surface area contributed by atoms with Crippen LogP contribution in [0.25, 0.3) is 0 Å². The molecule has 2 aliphatic rings. The predicted molar refractivity (Wildman–Crippen MR) is 67.8 cm³/mol. The number of hydrogen-bond donors (Lipinski definition) is 0. The van der Waals surface area contributed by atoms with Crippen molar-refractivity contribution in [2.75, 3.05) is 13.2 Å². The van der Waals surface area contributed by atoms with E-state index in [1.54, 1.807) is 5.57 Å². The van der Waals surface area contributed by atoms with Gasteiger partial charge in [-0.3, -0.25) is 0 Å². The molecule has 2 atom stereocenters. The Morgan fingerprint density at radius 1 is 1.53 bits per heavy atom. The molecule has 1 aliphatic carbocycles. The first-order valence-electron chi connectivity index (χ1n) is 6.78. The Kier molecular flexibility index (Phi) is 3.75. The Labute approximate surface area is 104 Å². The summed E-state index contributed by atoms with van der Waals surface area (Å²) < 4.78 is 5.14. The van der Waals surface area contributed by atoms with Crippen molar-refractivity contribution < 1.29 is 9.53 Å². The van der Waals surface area contributed by atoms with Gasteiger partial charge in [0.25, 0.3) is 0 Å². The zero-order chi connectivity index (χ0) is 12.4. The summed E-state index contributed by atoms with van der Waals surface area (Å²) in [6.07, 6.45) is 5.57. The van der Waals surface area contributed by atoms with Crippen LogP contribution >= 0.6 is 0 Å². The van der Waals surface area contributed by atoms with E-state index >= 15 is 0 Å². The zero-order valence-corrected chi connectivity index (χ0v) is 11.1. The number of nitrogens with zero attached hydrogens (tertiary/aromatic N) is 1. The quantitative estimate of drug-likeness (QED) is 0.690. The Morgan fingerprint density at radius 2 is 2.29 bits per heavy atom. The van der Waals surface area contributed by atoms with E-state index in [9.17, 15) is 4.79 Å². The van der Waals surface area contributed by atoms with Crippen LogP contribution in [0.2, 0.25) is 0 Å². The normalized spacial score (nSPS) is 28.0. The van der Waals surface area contributed by atoms with Gasteiger partial charge in [0, 0.05) is 18.5 Å². The highest BCUT2D eigenvalue weighted by Crippen LogP contribution is 2.40. The lowest BCUT2D eigenvalue weighted by atomic mass is 9.79. The Balaban J connectivity index is 2.09. The van der Waals surface area contributed by atoms with Gasteiger partial charge < -0.3 is 9.64 Å². The van der Waals surface area contributed by atoms with Crippen molar-refractivity contribution in [1.82, 2.24) is 4.90 Å². The highest BCUT2D eigenvalue weighted by atomic mass is 16.6. The summed E-state index contributed by atoms with van der Waals surface area (Å²) in [5, 5.41) is 0. The topological polar surface area (TPSA) is 29.5 Å². The van der Waals surface area contributed by atoms with Gasteiger partial charge in [-0.05, 0) is 32.1 Å². The molecule has 1 aliphatic heterocycles. The van der Waals surface area contributed by atoms with Gasteiger partial charge in [0.2, 0.25) is 0 Å². The van der Waals surface area contributed by atoms with Crippen LogP contribution in [0.3, 0.4) is 0 Å². The molecule has 2 unspecified atom stereocenters. The number of amides is 1. The molecule has 3 nitrogen and oxygen atoms in total. The molecule has 0 radical (unpaired) electrons. The number of carbonyl (C=O) groups excluding carboxylic acids is 1. The third kappa shape index (κ3) is 2.33. The lowest BCUT2D eigenvalue weighted by molar-refractivity contribution is 0.0972. The van der Waals surface area contributed by atoms with Gasteiger partial charge in [0.15, 0.2) is 0 Å². The molecule has 2 rings (SSSR count). The lowest BCUT2D eigenvalue weighted by Crippen LogP contribution is -2.40. The fourth-order valence-electron chi connectivity index (χ4n) is 3.27. The summed E-state index contributed by atoms with van der Waals surface area (Å²) in [7, 11) is 0. The second kappa shape index (κ2) is 5.11. The summed E-state index contributed by atoms with van der Waals surface area (Å²) in [5.41, 5.74) is 1.55. The van der Waals surface area contributed by atoms with Crippen molar-refractivity contribution in [3.8, 4) is 0 Å². The summed E-state index contributed by atoms with van der Waals surface area (Å²) in [4.78, 5) is 13.8. The van der Waals surface area contributed by atoms with E-state index in [1.807, 2.05) is 11.8 Å². The Morgan fingerprint density at radius 3 is 2.94 bits per heavy atom. The molecule has 0 aromatic carbocycles. The van der Waals surface area contributed by atoms with Crippen LogP contribution in [0.5, 0.6) is 0 Å². The fourth-order valence-corrected chi connectivity index (χ4v) is 3.27. The van der Waals surface area contributed by atoms with E-state index in [2.05, 4.69) is 19.9 Å². The molecule has 1 fully saturated rings. The van der Waals surface area contributed by atoms with Gasteiger partial charge in [0.1, 0.15) is 0 Å². The largest absolute Gasteiger partial charge is 0.450 e. The highest BCUT2D eigenvalue weighted by molar-refractivity contribution is 5.68. The lowest BCUT2D eigenvalue weighted by Gasteiger charge is -2.33. The van der Waals surface area contributed by atoms with Crippen LogP contribution in [-0.4, -0.2) is 30.2 Å². The van der Waals surface area contributed by atoms with Crippen LogP contribution < -0.4 is 0 Å². The third-order valence-electron chi connectivity index (χ3n) is 3.99. The van der Waals surface area contributed by atoms with Crippen LogP contribution in [0.15, 0.2) is 11.6 Å². The molecule has 17 heavy (non-hydrogen) atoms. The van der Waals surface area contributed by atoms with Crippen LogP contribution in [0, 0.1) is 11.8 Å². The summed E-state index contributed by atoms with van der Waals surface area (Å²) >= 11 is 0.